The first kappa shape index (κ1) is 12.2. The van der Waals surface area contributed by atoms with Gasteiger partial charge in [-0.3, -0.25) is 0 Å². The molecule has 0 radical (unpaired) electrons. The highest BCUT2D eigenvalue weighted by Gasteiger charge is 2.10. The van der Waals surface area contributed by atoms with Crippen LogP contribution in [-0.4, -0.2) is 25.7 Å². The molecule has 6 heteroatoms. The molecular weight excluding hydrogens is 256 g/mol. The number of anilines is 1. The van der Waals surface area contributed by atoms with E-state index in [1.54, 1.807) is 29.8 Å². The first-order valence-corrected chi connectivity index (χ1v) is 6.01. The number of carboxylic acid groups (broad SMARTS) is 1. The van der Waals surface area contributed by atoms with Crippen molar-refractivity contribution >= 4 is 17.6 Å². The van der Waals surface area contributed by atoms with Crippen molar-refractivity contribution in [2.75, 3.05) is 5.73 Å². The Hall–Kier alpha value is -2.89. The predicted octanol–water partition coefficient (Wildman–Crippen LogP) is 1.99. The molecule has 0 fully saturated rings. The van der Waals surface area contributed by atoms with Gasteiger partial charge in [0, 0.05) is 6.20 Å². The summed E-state index contributed by atoms with van der Waals surface area (Å²) in [5.74, 6) is -0.727. The van der Waals surface area contributed by atoms with Crippen LogP contribution in [0.1, 0.15) is 15.9 Å². The molecular formula is C14H12N4O2. The maximum Gasteiger partial charge on any atom is 0.335 e. The highest BCUT2D eigenvalue weighted by molar-refractivity contribution is 5.91. The minimum absolute atomic E-state index is 0.206. The first-order valence-electron chi connectivity index (χ1n) is 6.01. The van der Waals surface area contributed by atoms with Crippen molar-refractivity contribution < 1.29 is 9.90 Å². The topological polar surface area (TPSA) is 93.5 Å². The lowest BCUT2D eigenvalue weighted by Crippen LogP contribution is -1.99. The van der Waals surface area contributed by atoms with Crippen LogP contribution >= 0.6 is 0 Å². The van der Waals surface area contributed by atoms with Crippen LogP contribution in [0.15, 0.2) is 36.5 Å². The molecule has 0 unspecified atom stereocenters. The van der Waals surface area contributed by atoms with E-state index in [0.717, 1.165) is 16.7 Å². The van der Waals surface area contributed by atoms with E-state index < -0.39 is 5.97 Å². The second-order valence-electron chi connectivity index (χ2n) is 4.52. The SMILES string of the molecule is Cc1ccc(-c2ccn3nc(N)nc3c2)cc1C(=O)O. The van der Waals surface area contributed by atoms with Gasteiger partial charge in [-0.2, -0.15) is 4.98 Å². The Morgan fingerprint density at radius 2 is 2.00 bits per heavy atom. The Morgan fingerprint density at radius 3 is 2.75 bits per heavy atom. The van der Waals surface area contributed by atoms with E-state index in [1.807, 2.05) is 18.2 Å². The van der Waals surface area contributed by atoms with Crippen LogP contribution in [0.4, 0.5) is 5.95 Å². The van der Waals surface area contributed by atoms with Crippen LogP contribution in [0.2, 0.25) is 0 Å². The van der Waals surface area contributed by atoms with E-state index >= 15 is 0 Å². The summed E-state index contributed by atoms with van der Waals surface area (Å²) in [6.45, 7) is 1.77. The number of benzene rings is 1. The highest BCUT2D eigenvalue weighted by Crippen LogP contribution is 2.23. The third-order valence-corrected chi connectivity index (χ3v) is 3.16. The second kappa shape index (κ2) is 4.34. The summed E-state index contributed by atoms with van der Waals surface area (Å²) in [6.07, 6.45) is 1.74. The van der Waals surface area contributed by atoms with E-state index in [-0.39, 0.29) is 5.95 Å². The Morgan fingerprint density at radius 1 is 1.25 bits per heavy atom. The van der Waals surface area contributed by atoms with Crippen LogP contribution in [0, 0.1) is 6.92 Å². The lowest BCUT2D eigenvalue weighted by atomic mass is 10.0. The van der Waals surface area contributed by atoms with Crippen molar-refractivity contribution in [3.8, 4) is 11.1 Å². The van der Waals surface area contributed by atoms with Gasteiger partial charge in [-0.15, -0.1) is 5.10 Å². The molecule has 3 aromatic rings. The molecule has 0 saturated carbocycles. The molecule has 100 valence electrons. The third kappa shape index (κ3) is 1.97. The van der Waals surface area contributed by atoms with Crippen molar-refractivity contribution in [3.63, 3.8) is 0 Å². The Labute approximate surface area is 114 Å². The van der Waals surface area contributed by atoms with Gasteiger partial charge in [0.1, 0.15) is 0 Å². The van der Waals surface area contributed by atoms with Crippen molar-refractivity contribution in [2.24, 2.45) is 0 Å². The van der Waals surface area contributed by atoms with E-state index in [9.17, 15) is 4.79 Å². The van der Waals surface area contributed by atoms with Gasteiger partial charge in [-0.1, -0.05) is 12.1 Å². The smallest absolute Gasteiger partial charge is 0.335 e. The number of rotatable bonds is 2. The molecule has 3 N–H and O–H groups in total. The van der Waals surface area contributed by atoms with Crippen molar-refractivity contribution in [1.29, 1.82) is 0 Å². The molecule has 0 bridgehead atoms. The molecule has 0 amide bonds. The number of carboxylic acids is 1. The lowest BCUT2D eigenvalue weighted by Gasteiger charge is -2.06. The molecule has 0 aliphatic heterocycles. The van der Waals surface area contributed by atoms with Crippen molar-refractivity contribution in [1.82, 2.24) is 14.6 Å². The normalized spacial score (nSPS) is 10.8. The molecule has 0 aliphatic rings. The van der Waals surface area contributed by atoms with Gasteiger partial charge in [0.25, 0.3) is 0 Å². The molecule has 3 rings (SSSR count). The number of carbonyl (C=O) groups is 1. The second-order valence-corrected chi connectivity index (χ2v) is 4.52. The van der Waals surface area contributed by atoms with E-state index in [0.29, 0.717) is 11.2 Å². The summed E-state index contributed by atoms with van der Waals surface area (Å²) in [6, 6.07) is 8.99. The average molecular weight is 268 g/mol. The Bertz CT molecular complexity index is 823. The van der Waals surface area contributed by atoms with E-state index in [4.69, 9.17) is 10.8 Å². The fourth-order valence-corrected chi connectivity index (χ4v) is 2.11. The minimum atomic E-state index is -0.933. The zero-order chi connectivity index (χ0) is 14.3. The summed E-state index contributed by atoms with van der Waals surface area (Å²) in [5.41, 5.74) is 8.87. The number of nitrogens with two attached hydrogens (primary N) is 1. The zero-order valence-corrected chi connectivity index (χ0v) is 10.7. The number of nitrogens with zero attached hydrogens (tertiary/aromatic N) is 3. The Kier molecular flexibility index (Phi) is 2.64. The number of aromatic nitrogens is 3. The van der Waals surface area contributed by atoms with Crippen molar-refractivity contribution in [3.05, 3.63) is 47.7 Å². The maximum atomic E-state index is 11.2. The molecule has 2 aromatic heterocycles. The minimum Gasteiger partial charge on any atom is -0.478 e. The molecule has 6 nitrogen and oxygen atoms in total. The molecule has 0 spiro atoms. The van der Waals surface area contributed by atoms with Crippen LogP contribution in [-0.2, 0) is 0 Å². The molecule has 0 atom stereocenters. The summed E-state index contributed by atoms with van der Waals surface area (Å²) in [7, 11) is 0. The summed E-state index contributed by atoms with van der Waals surface area (Å²) < 4.78 is 1.57. The zero-order valence-electron chi connectivity index (χ0n) is 10.7. The third-order valence-electron chi connectivity index (χ3n) is 3.16. The lowest BCUT2D eigenvalue weighted by molar-refractivity contribution is 0.0696. The van der Waals surface area contributed by atoms with Gasteiger partial charge < -0.3 is 10.8 Å². The molecule has 1 aromatic carbocycles. The van der Waals surface area contributed by atoms with Crippen LogP contribution < -0.4 is 5.73 Å². The first-order chi connectivity index (χ1) is 9.54. The summed E-state index contributed by atoms with van der Waals surface area (Å²) in [5, 5.41) is 13.2. The van der Waals surface area contributed by atoms with Gasteiger partial charge in [-0.25, -0.2) is 9.31 Å². The molecule has 2 heterocycles. The Balaban J connectivity index is 2.14. The quantitative estimate of drug-likeness (QED) is 0.741. The average Bonchev–Trinajstić information content (AvgIpc) is 2.78. The van der Waals surface area contributed by atoms with Gasteiger partial charge in [-0.05, 0) is 41.8 Å². The summed E-state index contributed by atoms with van der Waals surface area (Å²) in [4.78, 5) is 15.3. The molecule has 0 saturated heterocycles. The van der Waals surface area contributed by atoms with E-state index in [2.05, 4.69) is 10.1 Å². The number of pyridine rings is 1. The van der Waals surface area contributed by atoms with Gasteiger partial charge in [0.15, 0.2) is 5.65 Å². The van der Waals surface area contributed by atoms with Crippen LogP contribution in [0.25, 0.3) is 16.8 Å². The molecule has 0 aliphatic carbocycles. The number of aryl methyl sites for hydroxylation is 1. The number of hydrogen-bond donors (Lipinski definition) is 2. The van der Waals surface area contributed by atoms with Gasteiger partial charge in [0.05, 0.1) is 5.56 Å². The van der Waals surface area contributed by atoms with Crippen molar-refractivity contribution in [2.45, 2.75) is 6.92 Å². The maximum absolute atomic E-state index is 11.2. The van der Waals surface area contributed by atoms with Gasteiger partial charge >= 0.3 is 5.97 Å². The summed E-state index contributed by atoms with van der Waals surface area (Å²) >= 11 is 0. The fraction of sp³-hybridized carbons (Fsp3) is 0.0714. The molecule has 20 heavy (non-hydrogen) atoms. The predicted molar refractivity (Wildman–Crippen MR) is 74.5 cm³/mol. The van der Waals surface area contributed by atoms with E-state index in [1.165, 1.54) is 0 Å². The largest absolute Gasteiger partial charge is 0.478 e. The van der Waals surface area contributed by atoms with Gasteiger partial charge in [0.2, 0.25) is 5.95 Å². The standard InChI is InChI=1S/C14H12N4O2/c1-8-2-3-9(6-11(8)13(19)20)10-4-5-18-12(7-10)16-14(15)17-18/h2-7H,1H3,(H2,15,17)(H,19,20). The number of fused-ring (bicyclic) bond motifs is 1. The monoisotopic (exact) mass is 268 g/mol. The van der Waals surface area contributed by atoms with Crippen LogP contribution in [0.5, 0.6) is 0 Å². The number of nitrogen functional groups attached to an aromatic ring is 1. The fourth-order valence-electron chi connectivity index (χ4n) is 2.11. The number of hydrogen-bond acceptors (Lipinski definition) is 4. The highest BCUT2D eigenvalue weighted by atomic mass is 16.4. The van der Waals surface area contributed by atoms with Crippen LogP contribution in [0.3, 0.4) is 0 Å². The number of aromatic carboxylic acids is 1.